The van der Waals surface area contributed by atoms with Gasteiger partial charge in [-0.15, -0.1) is 0 Å². The molecule has 56 valence electrons. The van der Waals surface area contributed by atoms with E-state index in [1.165, 1.54) is 18.6 Å². The van der Waals surface area contributed by atoms with Crippen molar-refractivity contribution in [3.05, 3.63) is 24.2 Å². The fraction of sp³-hybridized carbons (Fsp3) is 0.333. The molecule has 0 spiro atoms. The van der Waals surface area contributed by atoms with Crippen molar-refractivity contribution in [1.82, 2.24) is 0 Å². The van der Waals surface area contributed by atoms with E-state index in [4.69, 9.17) is 5.73 Å². The van der Waals surface area contributed by atoms with E-state index in [0.717, 1.165) is 0 Å². The molecule has 1 rings (SSSR count). The summed E-state index contributed by atoms with van der Waals surface area (Å²) in [5.41, 5.74) is 5.40. The molecule has 0 aliphatic heterocycles. The predicted molar refractivity (Wildman–Crippen MR) is 31.6 cm³/mol. The highest BCUT2D eigenvalue weighted by Crippen LogP contribution is 2.17. The van der Waals surface area contributed by atoms with Crippen LogP contribution in [-0.4, -0.2) is 6.43 Å². The van der Waals surface area contributed by atoms with Crippen molar-refractivity contribution in [3.63, 3.8) is 0 Å². The summed E-state index contributed by atoms with van der Waals surface area (Å²) in [5, 5.41) is 0. The van der Waals surface area contributed by atoms with E-state index in [1.807, 2.05) is 0 Å². The normalized spacial score (nSPS) is 14.0. The van der Waals surface area contributed by atoms with E-state index in [-0.39, 0.29) is 0 Å². The van der Waals surface area contributed by atoms with Gasteiger partial charge in [0.25, 0.3) is 6.43 Å². The number of furan rings is 1. The fourth-order valence-electron chi connectivity index (χ4n) is 0.610. The second-order valence-electron chi connectivity index (χ2n) is 1.92. The van der Waals surface area contributed by atoms with Crippen LogP contribution in [0.4, 0.5) is 8.78 Å². The Bertz CT molecular complexity index is 186. The first-order chi connectivity index (χ1) is 4.72. The molecule has 1 atom stereocenters. The maximum atomic E-state index is 11.8. The van der Waals surface area contributed by atoms with Crippen molar-refractivity contribution in [2.45, 2.75) is 12.5 Å². The summed E-state index contributed by atoms with van der Waals surface area (Å²) in [6, 6.07) is 0.204. The first-order valence-electron chi connectivity index (χ1n) is 2.77. The average molecular weight is 147 g/mol. The summed E-state index contributed by atoms with van der Waals surface area (Å²) >= 11 is 0. The van der Waals surface area contributed by atoms with Gasteiger partial charge in [-0.25, -0.2) is 8.78 Å². The molecule has 0 amide bonds. The number of hydrogen-bond donors (Lipinski definition) is 1. The highest BCUT2D eigenvalue weighted by Gasteiger charge is 2.17. The lowest BCUT2D eigenvalue weighted by molar-refractivity contribution is 0.116. The molecule has 0 aromatic carbocycles. The Hall–Kier alpha value is -0.900. The van der Waals surface area contributed by atoms with Crippen LogP contribution in [0.2, 0.25) is 0 Å². The molecular weight excluding hydrogens is 140 g/mol. The van der Waals surface area contributed by atoms with Gasteiger partial charge in [0.05, 0.1) is 18.6 Å². The second kappa shape index (κ2) is 2.79. The molecule has 0 fully saturated rings. The maximum absolute atomic E-state index is 11.8. The third-order valence-electron chi connectivity index (χ3n) is 1.20. The molecule has 0 radical (unpaired) electrons. The highest BCUT2D eigenvalue weighted by molar-refractivity contribution is 5.11. The monoisotopic (exact) mass is 147 g/mol. The van der Waals surface area contributed by atoms with Gasteiger partial charge in [0, 0.05) is 5.56 Å². The molecule has 1 heterocycles. The van der Waals surface area contributed by atoms with Crippen LogP contribution in [0, 0.1) is 0 Å². The van der Waals surface area contributed by atoms with Crippen molar-refractivity contribution in [1.29, 1.82) is 0 Å². The van der Waals surface area contributed by atoms with Crippen LogP contribution >= 0.6 is 0 Å². The quantitative estimate of drug-likeness (QED) is 0.689. The van der Waals surface area contributed by atoms with Crippen LogP contribution in [0.1, 0.15) is 11.6 Å². The predicted octanol–water partition coefficient (Wildman–Crippen LogP) is 1.54. The van der Waals surface area contributed by atoms with Gasteiger partial charge in [-0.05, 0) is 6.07 Å². The number of halogens is 2. The number of nitrogens with two attached hydrogens (primary N) is 1. The Balaban J connectivity index is 2.68. The summed E-state index contributed by atoms with van der Waals surface area (Å²) in [5.74, 6) is 0. The van der Waals surface area contributed by atoms with Crippen molar-refractivity contribution in [2.24, 2.45) is 5.73 Å². The minimum atomic E-state index is -2.53. The minimum Gasteiger partial charge on any atom is -0.472 e. The zero-order valence-corrected chi connectivity index (χ0v) is 5.13. The zero-order valence-electron chi connectivity index (χ0n) is 5.13. The minimum absolute atomic E-state index is 0.329. The molecule has 1 aromatic heterocycles. The first kappa shape index (κ1) is 7.21. The molecule has 2 nitrogen and oxygen atoms in total. The van der Waals surface area contributed by atoms with Crippen molar-refractivity contribution < 1.29 is 13.2 Å². The Labute approximate surface area is 56.6 Å². The molecule has 1 aromatic rings. The standard InChI is InChI=1S/C6H7F2NO/c7-6(8)5(9)4-1-2-10-3-4/h1-3,5-6H,9H2. The molecule has 4 heteroatoms. The molecule has 0 saturated heterocycles. The summed E-state index contributed by atoms with van der Waals surface area (Å²) in [4.78, 5) is 0. The summed E-state index contributed by atoms with van der Waals surface area (Å²) in [6.07, 6.45) is 0.00611. The maximum Gasteiger partial charge on any atom is 0.257 e. The fourth-order valence-corrected chi connectivity index (χ4v) is 0.610. The molecule has 1 unspecified atom stereocenters. The molecule has 0 aliphatic rings. The molecular formula is C6H7F2NO. The SMILES string of the molecule is NC(c1ccoc1)C(F)F. The van der Waals surface area contributed by atoms with Crippen molar-refractivity contribution in [3.8, 4) is 0 Å². The lowest BCUT2D eigenvalue weighted by atomic mass is 10.2. The topological polar surface area (TPSA) is 39.2 Å². The van der Waals surface area contributed by atoms with Gasteiger partial charge in [0.15, 0.2) is 0 Å². The van der Waals surface area contributed by atoms with E-state index < -0.39 is 12.5 Å². The van der Waals surface area contributed by atoms with Crippen LogP contribution in [0.3, 0.4) is 0 Å². The Morgan fingerprint density at radius 2 is 2.20 bits per heavy atom. The van der Waals surface area contributed by atoms with Gasteiger partial charge < -0.3 is 10.2 Å². The zero-order chi connectivity index (χ0) is 7.56. The van der Waals surface area contributed by atoms with E-state index in [2.05, 4.69) is 4.42 Å². The van der Waals surface area contributed by atoms with Crippen LogP contribution in [0.25, 0.3) is 0 Å². The highest BCUT2D eigenvalue weighted by atomic mass is 19.3. The Kier molecular flexibility index (Phi) is 2.01. The van der Waals surface area contributed by atoms with E-state index >= 15 is 0 Å². The van der Waals surface area contributed by atoms with Gasteiger partial charge in [-0.3, -0.25) is 0 Å². The number of hydrogen-bond acceptors (Lipinski definition) is 2. The lowest BCUT2D eigenvalue weighted by Gasteiger charge is -2.05. The van der Waals surface area contributed by atoms with Gasteiger partial charge >= 0.3 is 0 Å². The average Bonchev–Trinajstić information content (AvgIpc) is 2.36. The van der Waals surface area contributed by atoms with Crippen molar-refractivity contribution in [2.75, 3.05) is 0 Å². The van der Waals surface area contributed by atoms with Gasteiger partial charge in [0.1, 0.15) is 0 Å². The molecule has 0 saturated carbocycles. The lowest BCUT2D eigenvalue weighted by Crippen LogP contribution is -2.17. The first-order valence-corrected chi connectivity index (χ1v) is 2.77. The van der Waals surface area contributed by atoms with Crippen LogP contribution in [0.5, 0.6) is 0 Å². The Morgan fingerprint density at radius 3 is 2.60 bits per heavy atom. The molecule has 0 bridgehead atoms. The van der Waals surface area contributed by atoms with Crippen LogP contribution in [0.15, 0.2) is 23.0 Å². The molecule has 2 N–H and O–H groups in total. The van der Waals surface area contributed by atoms with Gasteiger partial charge in [-0.2, -0.15) is 0 Å². The van der Waals surface area contributed by atoms with E-state index in [9.17, 15) is 8.78 Å². The van der Waals surface area contributed by atoms with Crippen molar-refractivity contribution >= 4 is 0 Å². The largest absolute Gasteiger partial charge is 0.472 e. The summed E-state index contributed by atoms with van der Waals surface area (Å²) in [6.45, 7) is 0. The smallest absolute Gasteiger partial charge is 0.257 e. The number of alkyl halides is 2. The van der Waals surface area contributed by atoms with E-state index in [0.29, 0.717) is 5.56 Å². The van der Waals surface area contributed by atoms with Crippen LogP contribution < -0.4 is 5.73 Å². The summed E-state index contributed by atoms with van der Waals surface area (Å²) < 4.78 is 28.2. The third-order valence-corrected chi connectivity index (χ3v) is 1.20. The van der Waals surface area contributed by atoms with E-state index in [1.54, 1.807) is 0 Å². The van der Waals surface area contributed by atoms with Crippen LogP contribution in [-0.2, 0) is 0 Å². The molecule has 0 aliphatic carbocycles. The third kappa shape index (κ3) is 1.33. The number of rotatable bonds is 2. The van der Waals surface area contributed by atoms with Gasteiger partial charge in [0.2, 0.25) is 0 Å². The Morgan fingerprint density at radius 1 is 1.50 bits per heavy atom. The van der Waals surface area contributed by atoms with Gasteiger partial charge in [-0.1, -0.05) is 0 Å². The second-order valence-corrected chi connectivity index (χ2v) is 1.92. The summed E-state index contributed by atoms with van der Waals surface area (Å²) in [7, 11) is 0. The molecule has 10 heavy (non-hydrogen) atoms.